The lowest BCUT2D eigenvalue weighted by Gasteiger charge is -2.28. The fraction of sp³-hybridized carbons (Fsp3) is 0.417. The quantitative estimate of drug-likeness (QED) is 0.834. The lowest BCUT2D eigenvalue weighted by molar-refractivity contribution is -0.119. The molecule has 1 atom stereocenters. The van der Waals surface area contributed by atoms with Crippen LogP contribution in [0.25, 0.3) is 0 Å². The normalized spacial score (nSPS) is 12.8. The summed E-state index contributed by atoms with van der Waals surface area (Å²) in [5, 5.41) is 0. The van der Waals surface area contributed by atoms with Gasteiger partial charge < -0.3 is 10.5 Å². The smallest absolute Gasteiger partial charge is 0.241 e. The number of nitrogens with two attached hydrogens (primary N) is 1. The van der Waals surface area contributed by atoms with Gasteiger partial charge in [-0.3, -0.25) is 9.10 Å². The molecule has 106 valence electrons. The number of rotatable bonds is 6. The Morgan fingerprint density at radius 1 is 1.37 bits per heavy atom. The van der Waals surface area contributed by atoms with E-state index < -0.39 is 22.0 Å². The lowest BCUT2D eigenvalue weighted by atomic mass is 10.2. The van der Waals surface area contributed by atoms with Crippen molar-refractivity contribution in [3.8, 4) is 5.75 Å². The van der Waals surface area contributed by atoms with Gasteiger partial charge in [0.15, 0.2) is 0 Å². The highest BCUT2D eigenvalue weighted by Crippen LogP contribution is 2.24. The number of nitrogens with zero attached hydrogens (tertiary/aromatic N) is 1. The zero-order valence-corrected chi connectivity index (χ0v) is 12.0. The number of carbonyl (C=O) groups is 1. The molecule has 0 unspecified atom stereocenters. The minimum atomic E-state index is -3.60. The molecule has 1 rings (SSSR count). The number of anilines is 1. The molecule has 1 aromatic rings. The Kier molecular flexibility index (Phi) is 4.77. The summed E-state index contributed by atoms with van der Waals surface area (Å²) in [4.78, 5) is 11.4. The van der Waals surface area contributed by atoms with Crippen LogP contribution < -0.4 is 14.8 Å². The fourth-order valence-corrected chi connectivity index (χ4v) is 3.03. The Balaban J connectivity index is 3.27. The summed E-state index contributed by atoms with van der Waals surface area (Å²) in [5.41, 5.74) is 5.65. The topological polar surface area (TPSA) is 89.7 Å². The molecule has 0 saturated carbocycles. The average Bonchev–Trinajstić information content (AvgIpc) is 2.34. The zero-order chi connectivity index (χ0) is 14.6. The summed E-state index contributed by atoms with van der Waals surface area (Å²) in [6, 6.07) is 5.50. The van der Waals surface area contributed by atoms with Crippen LogP contribution in [-0.2, 0) is 14.8 Å². The number of carbonyl (C=O) groups excluding carboxylic acids is 1. The second-order valence-corrected chi connectivity index (χ2v) is 5.94. The number of methoxy groups -OCH3 is 1. The highest BCUT2D eigenvalue weighted by Gasteiger charge is 2.29. The molecule has 0 radical (unpaired) electrons. The number of hydrogen-bond acceptors (Lipinski definition) is 4. The zero-order valence-electron chi connectivity index (χ0n) is 11.2. The maximum Gasteiger partial charge on any atom is 0.241 e. The van der Waals surface area contributed by atoms with Crippen LogP contribution in [0.3, 0.4) is 0 Å². The Bertz CT molecular complexity index is 539. The molecule has 0 bridgehead atoms. The van der Waals surface area contributed by atoms with Gasteiger partial charge in [-0.25, -0.2) is 8.42 Å². The molecule has 0 fully saturated rings. The van der Waals surface area contributed by atoms with Crippen LogP contribution in [0.1, 0.15) is 13.3 Å². The molecular weight excluding hydrogens is 268 g/mol. The minimum absolute atomic E-state index is 0.300. The largest absolute Gasteiger partial charge is 0.497 e. The SMILES string of the molecule is CC[C@@H](C(N)=O)N(c1ccc(OC)cc1)S(C)(=O)=O. The van der Waals surface area contributed by atoms with Crippen molar-refractivity contribution in [2.75, 3.05) is 17.7 Å². The van der Waals surface area contributed by atoms with E-state index in [1.165, 1.54) is 7.11 Å². The molecule has 2 N–H and O–H groups in total. The standard InChI is InChI=1S/C12H18N2O4S/c1-4-11(12(13)15)14(19(3,16)17)9-5-7-10(18-2)8-6-9/h5-8,11H,4H2,1-3H3,(H2,13,15)/t11-/m0/s1. The Hall–Kier alpha value is -1.76. The molecule has 0 aliphatic rings. The maximum absolute atomic E-state index is 11.9. The van der Waals surface area contributed by atoms with E-state index in [-0.39, 0.29) is 0 Å². The number of ether oxygens (including phenoxy) is 1. The van der Waals surface area contributed by atoms with E-state index in [0.717, 1.165) is 10.6 Å². The molecule has 7 heteroatoms. The Labute approximate surface area is 113 Å². The molecule has 19 heavy (non-hydrogen) atoms. The van der Waals surface area contributed by atoms with E-state index in [1.54, 1.807) is 31.2 Å². The Morgan fingerprint density at radius 3 is 2.21 bits per heavy atom. The fourth-order valence-electron chi connectivity index (χ4n) is 1.81. The molecule has 0 saturated heterocycles. The van der Waals surface area contributed by atoms with Gasteiger partial charge in [-0.1, -0.05) is 6.92 Å². The molecule has 0 aromatic heterocycles. The van der Waals surface area contributed by atoms with Gasteiger partial charge in [-0.05, 0) is 30.7 Å². The molecule has 1 amide bonds. The van der Waals surface area contributed by atoms with Crippen LogP contribution in [0.15, 0.2) is 24.3 Å². The highest BCUT2D eigenvalue weighted by atomic mass is 32.2. The van der Waals surface area contributed by atoms with Gasteiger partial charge >= 0.3 is 0 Å². The third-order valence-corrected chi connectivity index (χ3v) is 3.86. The summed E-state index contributed by atoms with van der Waals surface area (Å²) < 4.78 is 29.8. The van der Waals surface area contributed by atoms with Crippen molar-refractivity contribution in [3.63, 3.8) is 0 Å². The van der Waals surface area contributed by atoms with Crippen LogP contribution in [0.5, 0.6) is 5.75 Å². The van der Waals surface area contributed by atoms with Crippen LogP contribution in [-0.4, -0.2) is 33.7 Å². The van der Waals surface area contributed by atoms with E-state index in [0.29, 0.717) is 17.9 Å². The average molecular weight is 286 g/mol. The number of sulfonamides is 1. The summed E-state index contributed by atoms with van der Waals surface area (Å²) >= 11 is 0. The summed E-state index contributed by atoms with van der Waals surface area (Å²) in [5.74, 6) is -0.0759. The van der Waals surface area contributed by atoms with Crippen molar-refractivity contribution >= 4 is 21.6 Å². The number of amides is 1. The van der Waals surface area contributed by atoms with Crippen LogP contribution >= 0.6 is 0 Å². The number of hydrogen-bond donors (Lipinski definition) is 1. The third-order valence-electron chi connectivity index (χ3n) is 2.68. The molecule has 0 aliphatic heterocycles. The highest BCUT2D eigenvalue weighted by molar-refractivity contribution is 7.92. The molecule has 0 aliphatic carbocycles. The Morgan fingerprint density at radius 2 is 1.89 bits per heavy atom. The second-order valence-electron chi connectivity index (χ2n) is 4.08. The van der Waals surface area contributed by atoms with Crippen LogP contribution in [0.2, 0.25) is 0 Å². The third kappa shape index (κ3) is 3.60. The monoisotopic (exact) mass is 286 g/mol. The summed E-state index contributed by atoms with van der Waals surface area (Å²) in [7, 11) is -2.09. The van der Waals surface area contributed by atoms with E-state index >= 15 is 0 Å². The van der Waals surface area contributed by atoms with E-state index in [4.69, 9.17) is 10.5 Å². The van der Waals surface area contributed by atoms with Gasteiger partial charge in [0.2, 0.25) is 15.9 Å². The molecule has 1 aromatic carbocycles. The van der Waals surface area contributed by atoms with E-state index in [1.807, 2.05) is 0 Å². The molecule has 0 heterocycles. The number of primary amides is 1. The first-order valence-electron chi connectivity index (χ1n) is 5.74. The van der Waals surface area contributed by atoms with Gasteiger partial charge in [0, 0.05) is 0 Å². The van der Waals surface area contributed by atoms with Crippen molar-refractivity contribution in [1.29, 1.82) is 0 Å². The van der Waals surface area contributed by atoms with Gasteiger partial charge in [0.25, 0.3) is 0 Å². The van der Waals surface area contributed by atoms with Crippen molar-refractivity contribution in [2.45, 2.75) is 19.4 Å². The predicted octanol–water partition coefficient (Wildman–Crippen LogP) is 0.725. The van der Waals surface area contributed by atoms with Gasteiger partial charge in [-0.2, -0.15) is 0 Å². The summed E-state index contributed by atoms with van der Waals surface area (Å²) in [6.45, 7) is 1.71. The van der Waals surface area contributed by atoms with Crippen LogP contribution in [0, 0.1) is 0 Å². The van der Waals surface area contributed by atoms with Crippen molar-refractivity contribution in [1.82, 2.24) is 0 Å². The summed E-state index contributed by atoms with van der Waals surface area (Å²) in [6.07, 6.45) is 1.34. The maximum atomic E-state index is 11.9. The first-order valence-corrected chi connectivity index (χ1v) is 7.58. The van der Waals surface area contributed by atoms with Gasteiger partial charge in [-0.15, -0.1) is 0 Å². The van der Waals surface area contributed by atoms with Crippen molar-refractivity contribution in [2.24, 2.45) is 5.73 Å². The van der Waals surface area contributed by atoms with Crippen molar-refractivity contribution in [3.05, 3.63) is 24.3 Å². The van der Waals surface area contributed by atoms with Crippen LogP contribution in [0.4, 0.5) is 5.69 Å². The first kappa shape index (κ1) is 15.3. The minimum Gasteiger partial charge on any atom is -0.497 e. The van der Waals surface area contributed by atoms with Gasteiger partial charge in [0.1, 0.15) is 11.8 Å². The molecule has 0 spiro atoms. The lowest BCUT2D eigenvalue weighted by Crippen LogP contribution is -2.47. The number of benzene rings is 1. The predicted molar refractivity (Wildman–Crippen MR) is 73.6 cm³/mol. The van der Waals surface area contributed by atoms with Crippen molar-refractivity contribution < 1.29 is 17.9 Å². The molecule has 6 nitrogen and oxygen atoms in total. The first-order chi connectivity index (χ1) is 8.81. The molecular formula is C12H18N2O4S. The van der Waals surface area contributed by atoms with E-state index in [2.05, 4.69) is 0 Å². The second kappa shape index (κ2) is 5.92. The van der Waals surface area contributed by atoms with E-state index in [9.17, 15) is 13.2 Å². The van der Waals surface area contributed by atoms with Gasteiger partial charge in [0.05, 0.1) is 19.1 Å².